The van der Waals surface area contributed by atoms with Crippen LogP contribution in [0.1, 0.15) is 19.4 Å². The summed E-state index contributed by atoms with van der Waals surface area (Å²) in [6.45, 7) is 3.47. The van der Waals surface area contributed by atoms with Gasteiger partial charge in [0.2, 0.25) is 11.7 Å². The van der Waals surface area contributed by atoms with Gasteiger partial charge in [0.05, 0.1) is 29.2 Å². The number of non-ortho nitro benzene ring substituents is 1. The highest BCUT2D eigenvalue weighted by molar-refractivity contribution is 6.06. The van der Waals surface area contributed by atoms with Crippen molar-refractivity contribution in [2.75, 3.05) is 12.4 Å². The monoisotopic (exact) mass is 535 g/mol. The molecule has 13 nitrogen and oxygen atoms in total. The van der Waals surface area contributed by atoms with Gasteiger partial charge in [0.1, 0.15) is 17.4 Å². The third-order valence-corrected chi connectivity index (χ3v) is 5.41. The van der Waals surface area contributed by atoms with Crippen molar-refractivity contribution in [2.45, 2.75) is 13.8 Å². The molecule has 0 saturated heterocycles. The molecule has 3 rings (SSSR count). The van der Waals surface area contributed by atoms with Gasteiger partial charge in [0.15, 0.2) is 0 Å². The number of amides is 2. The summed E-state index contributed by atoms with van der Waals surface area (Å²) in [5.41, 5.74) is 2.34. The summed E-state index contributed by atoms with van der Waals surface area (Å²) in [6, 6.07) is 16.0. The number of hydrogen-bond donors (Lipinski definition) is 2. The number of anilines is 1. The summed E-state index contributed by atoms with van der Waals surface area (Å²) in [5.74, 6) is -1.82. The average Bonchev–Trinajstić information content (AvgIpc) is 2.89. The number of nitrogens with zero attached hydrogens (tertiary/aromatic N) is 3. The molecule has 3 aromatic rings. The Kier molecular flexibility index (Phi) is 9.24. The second-order valence-corrected chi connectivity index (χ2v) is 8.51. The van der Waals surface area contributed by atoms with Crippen LogP contribution in [0.5, 0.6) is 17.2 Å². The van der Waals surface area contributed by atoms with Gasteiger partial charge < -0.3 is 14.8 Å². The van der Waals surface area contributed by atoms with Crippen molar-refractivity contribution in [2.24, 2.45) is 16.9 Å². The van der Waals surface area contributed by atoms with Gasteiger partial charge in [0.25, 0.3) is 11.6 Å². The molecule has 0 bridgehead atoms. The van der Waals surface area contributed by atoms with Crippen molar-refractivity contribution in [3.63, 3.8) is 0 Å². The third kappa shape index (κ3) is 7.58. The zero-order valence-electron chi connectivity index (χ0n) is 21.2. The van der Waals surface area contributed by atoms with E-state index in [-0.39, 0.29) is 17.4 Å². The lowest BCUT2D eigenvalue weighted by molar-refractivity contribution is -0.394. The van der Waals surface area contributed by atoms with Crippen LogP contribution < -0.4 is 20.2 Å². The number of rotatable bonds is 11. The number of nitro groups is 2. The summed E-state index contributed by atoms with van der Waals surface area (Å²) < 4.78 is 10.7. The third-order valence-electron chi connectivity index (χ3n) is 5.41. The molecule has 3 aromatic carbocycles. The largest absolute Gasteiger partial charge is 0.497 e. The summed E-state index contributed by atoms with van der Waals surface area (Å²) in [4.78, 5) is 46.3. The van der Waals surface area contributed by atoms with Crippen LogP contribution in [0.15, 0.2) is 71.8 Å². The Bertz CT molecular complexity index is 1410. The number of carbonyl (C=O) groups is 2. The Labute approximate surface area is 222 Å². The van der Waals surface area contributed by atoms with Crippen LogP contribution in [0, 0.1) is 32.1 Å². The molecule has 0 fully saturated rings. The van der Waals surface area contributed by atoms with Crippen molar-refractivity contribution in [1.82, 2.24) is 5.43 Å². The lowest BCUT2D eigenvalue weighted by Gasteiger charge is -2.18. The number of hydrogen-bond acceptors (Lipinski definition) is 9. The van der Waals surface area contributed by atoms with Crippen LogP contribution in [0.4, 0.5) is 17.1 Å². The van der Waals surface area contributed by atoms with E-state index in [4.69, 9.17) is 9.47 Å². The molecule has 1 atom stereocenters. The molecule has 1 unspecified atom stereocenters. The van der Waals surface area contributed by atoms with E-state index < -0.39 is 39.0 Å². The molecule has 0 spiro atoms. The maximum atomic E-state index is 12.8. The van der Waals surface area contributed by atoms with E-state index in [0.717, 1.165) is 18.2 Å². The first-order chi connectivity index (χ1) is 18.6. The maximum absolute atomic E-state index is 12.8. The molecule has 0 aliphatic heterocycles. The van der Waals surface area contributed by atoms with Crippen molar-refractivity contribution < 1.29 is 28.9 Å². The van der Waals surface area contributed by atoms with Crippen molar-refractivity contribution in [3.05, 3.63) is 92.5 Å². The minimum absolute atomic E-state index is 0.185. The maximum Gasteiger partial charge on any atom is 0.318 e. The highest BCUT2D eigenvalue weighted by Crippen LogP contribution is 2.34. The SMILES string of the molecule is COc1ccc(NC(=O)C(C(=O)NN=Cc2cccc(Oc3ccc([N+](=O)[O-])cc3[N+](=O)[O-])c2)C(C)C)cc1. The number of hydrazone groups is 1. The number of benzene rings is 3. The summed E-state index contributed by atoms with van der Waals surface area (Å²) in [7, 11) is 1.53. The predicted molar refractivity (Wildman–Crippen MR) is 142 cm³/mol. The quantitative estimate of drug-likeness (QED) is 0.154. The van der Waals surface area contributed by atoms with E-state index >= 15 is 0 Å². The molecule has 0 saturated carbocycles. The van der Waals surface area contributed by atoms with Crippen LogP contribution in [-0.4, -0.2) is 35.0 Å². The number of ether oxygens (including phenoxy) is 2. The summed E-state index contributed by atoms with van der Waals surface area (Å²) in [6.07, 6.45) is 1.31. The Hall–Kier alpha value is -5.33. The Balaban J connectivity index is 1.68. The zero-order chi connectivity index (χ0) is 28.5. The lowest BCUT2D eigenvalue weighted by Crippen LogP contribution is -2.39. The normalized spacial score (nSPS) is 11.6. The van der Waals surface area contributed by atoms with E-state index in [1.807, 2.05) is 0 Å². The van der Waals surface area contributed by atoms with Gasteiger partial charge in [-0.15, -0.1) is 0 Å². The molecule has 0 aromatic heterocycles. The lowest BCUT2D eigenvalue weighted by atomic mass is 9.94. The van der Waals surface area contributed by atoms with Gasteiger partial charge in [-0.3, -0.25) is 29.8 Å². The number of carbonyl (C=O) groups excluding carboxylic acids is 2. The number of nitro benzene ring substituents is 2. The van der Waals surface area contributed by atoms with E-state index in [1.54, 1.807) is 50.2 Å². The molecule has 0 aliphatic rings. The first-order valence-electron chi connectivity index (χ1n) is 11.6. The zero-order valence-corrected chi connectivity index (χ0v) is 21.2. The second kappa shape index (κ2) is 12.8. The van der Waals surface area contributed by atoms with Crippen LogP contribution >= 0.6 is 0 Å². The Morgan fingerprint density at radius 3 is 2.26 bits per heavy atom. The number of methoxy groups -OCH3 is 1. The fourth-order valence-electron chi connectivity index (χ4n) is 3.49. The standard InChI is InChI=1S/C26H25N5O8/c1-16(2)24(25(32)28-18-7-10-20(38-3)11-8-18)26(33)29-27-15-17-5-4-6-21(13-17)39-23-12-9-19(30(34)35)14-22(23)31(36)37/h4-16,24H,1-3H3,(H,28,32)(H,29,33). The summed E-state index contributed by atoms with van der Waals surface area (Å²) >= 11 is 0. The minimum atomic E-state index is -1.03. The van der Waals surface area contributed by atoms with Gasteiger partial charge in [-0.25, -0.2) is 5.43 Å². The van der Waals surface area contributed by atoms with E-state index in [1.165, 1.54) is 25.5 Å². The van der Waals surface area contributed by atoms with E-state index in [0.29, 0.717) is 17.0 Å². The Morgan fingerprint density at radius 1 is 0.923 bits per heavy atom. The summed E-state index contributed by atoms with van der Waals surface area (Å²) in [5, 5.41) is 28.9. The highest BCUT2D eigenvalue weighted by Gasteiger charge is 2.30. The average molecular weight is 536 g/mol. The minimum Gasteiger partial charge on any atom is -0.497 e. The van der Waals surface area contributed by atoms with E-state index in [2.05, 4.69) is 15.8 Å². The smallest absolute Gasteiger partial charge is 0.318 e. The van der Waals surface area contributed by atoms with Gasteiger partial charge in [-0.05, 0) is 53.9 Å². The topological polar surface area (TPSA) is 175 Å². The second-order valence-electron chi connectivity index (χ2n) is 8.51. The molecule has 0 aliphatic carbocycles. The molecule has 202 valence electrons. The fraction of sp³-hybridized carbons (Fsp3) is 0.192. The molecular formula is C26H25N5O8. The fourth-order valence-corrected chi connectivity index (χ4v) is 3.49. The first-order valence-corrected chi connectivity index (χ1v) is 11.6. The van der Waals surface area contributed by atoms with Crippen LogP contribution in [0.3, 0.4) is 0 Å². The first kappa shape index (κ1) is 28.2. The predicted octanol–water partition coefficient (Wildman–Crippen LogP) is 4.66. The van der Waals surface area contributed by atoms with Crippen LogP contribution in [-0.2, 0) is 9.59 Å². The molecule has 13 heteroatoms. The Morgan fingerprint density at radius 2 is 1.64 bits per heavy atom. The van der Waals surface area contributed by atoms with Gasteiger partial charge in [-0.1, -0.05) is 26.0 Å². The van der Waals surface area contributed by atoms with Crippen molar-refractivity contribution in [3.8, 4) is 17.2 Å². The van der Waals surface area contributed by atoms with Crippen molar-refractivity contribution in [1.29, 1.82) is 0 Å². The molecular weight excluding hydrogens is 510 g/mol. The molecule has 0 heterocycles. The van der Waals surface area contributed by atoms with Gasteiger partial charge in [0, 0.05) is 11.8 Å². The highest BCUT2D eigenvalue weighted by atomic mass is 16.6. The molecule has 39 heavy (non-hydrogen) atoms. The molecule has 0 radical (unpaired) electrons. The van der Waals surface area contributed by atoms with Crippen LogP contribution in [0.2, 0.25) is 0 Å². The molecule has 2 N–H and O–H groups in total. The van der Waals surface area contributed by atoms with E-state index in [9.17, 15) is 29.8 Å². The molecule has 2 amide bonds. The van der Waals surface area contributed by atoms with Gasteiger partial charge in [-0.2, -0.15) is 5.10 Å². The van der Waals surface area contributed by atoms with Crippen LogP contribution in [0.25, 0.3) is 0 Å². The van der Waals surface area contributed by atoms with Gasteiger partial charge >= 0.3 is 5.69 Å². The van der Waals surface area contributed by atoms with Crippen molar-refractivity contribution >= 4 is 35.1 Å². The number of nitrogens with one attached hydrogen (secondary N) is 2.